The number of anilines is 1. The molecule has 3 aromatic rings. The van der Waals surface area contributed by atoms with Crippen molar-refractivity contribution < 1.29 is 0 Å². The monoisotopic (exact) mass is 389 g/mol. The lowest BCUT2D eigenvalue weighted by Gasteiger charge is -2.28. The van der Waals surface area contributed by atoms with Crippen molar-refractivity contribution in [2.45, 2.75) is 19.3 Å². The van der Waals surface area contributed by atoms with Crippen LogP contribution in [0.2, 0.25) is 0 Å². The average Bonchev–Trinajstić information content (AvgIpc) is 3.24. The number of nitrogens with one attached hydrogen (secondary N) is 2. The van der Waals surface area contributed by atoms with Crippen molar-refractivity contribution >= 4 is 11.9 Å². The third kappa shape index (κ3) is 4.46. The maximum atomic E-state index is 5.71. The van der Waals surface area contributed by atoms with Gasteiger partial charge in [0, 0.05) is 32.1 Å². The molecule has 1 aliphatic rings. The first kappa shape index (κ1) is 19.1. The third-order valence-corrected chi connectivity index (χ3v) is 5.20. The standard InChI is InChI=1S/C22H27N7/c1-16(17-8-10-19(11-9-17)18-6-3-2-4-7-18)20-25-21(28-27-20)26-22-24-13-5-14-29(22)15-12-23/h2-4,6-11,16H,5,12-15,23H2,1H3,(H2,24,25,26,27,28). The minimum absolute atomic E-state index is 0.108. The van der Waals surface area contributed by atoms with Gasteiger partial charge < -0.3 is 10.6 Å². The van der Waals surface area contributed by atoms with Crippen LogP contribution in [0.1, 0.15) is 30.7 Å². The van der Waals surface area contributed by atoms with Gasteiger partial charge in [0.05, 0.1) is 0 Å². The van der Waals surface area contributed by atoms with Gasteiger partial charge in [-0.3, -0.25) is 15.4 Å². The highest BCUT2D eigenvalue weighted by molar-refractivity contribution is 5.92. The van der Waals surface area contributed by atoms with E-state index in [1.54, 1.807) is 0 Å². The molecule has 0 aliphatic carbocycles. The van der Waals surface area contributed by atoms with Crippen molar-refractivity contribution in [2.24, 2.45) is 10.7 Å². The van der Waals surface area contributed by atoms with Crippen LogP contribution in [-0.2, 0) is 0 Å². The summed E-state index contributed by atoms with van der Waals surface area (Å²) in [7, 11) is 0. The van der Waals surface area contributed by atoms with Gasteiger partial charge in [-0.1, -0.05) is 61.5 Å². The molecule has 0 radical (unpaired) electrons. The average molecular weight is 390 g/mol. The van der Waals surface area contributed by atoms with Crippen molar-refractivity contribution in [3.8, 4) is 11.1 Å². The van der Waals surface area contributed by atoms with Crippen LogP contribution in [0.25, 0.3) is 11.1 Å². The molecule has 0 saturated heterocycles. The molecule has 2 aromatic carbocycles. The summed E-state index contributed by atoms with van der Waals surface area (Å²) in [6, 6.07) is 19.0. The highest BCUT2D eigenvalue weighted by Gasteiger charge is 2.18. The van der Waals surface area contributed by atoms with E-state index in [-0.39, 0.29) is 5.92 Å². The van der Waals surface area contributed by atoms with E-state index >= 15 is 0 Å². The van der Waals surface area contributed by atoms with E-state index in [9.17, 15) is 0 Å². The molecule has 0 fully saturated rings. The van der Waals surface area contributed by atoms with Gasteiger partial charge in [-0.25, -0.2) is 0 Å². The van der Waals surface area contributed by atoms with E-state index in [1.165, 1.54) is 16.7 Å². The Bertz CT molecular complexity index is 947. The Kier molecular flexibility index (Phi) is 5.86. The van der Waals surface area contributed by atoms with E-state index in [0.29, 0.717) is 12.5 Å². The maximum Gasteiger partial charge on any atom is 0.248 e. The molecule has 29 heavy (non-hydrogen) atoms. The van der Waals surface area contributed by atoms with Gasteiger partial charge in [0.1, 0.15) is 5.82 Å². The minimum Gasteiger partial charge on any atom is -0.341 e. The highest BCUT2D eigenvalue weighted by atomic mass is 15.4. The second-order valence-electron chi connectivity index (χ2n) is 7.21. The molecular weight excluding hydrogens is 362 g/mol. The van der Waals surface area contributed by atoms with Gasteiger partial charge in [0.15, 0.2) is 0 Å². The van der Waals surface area contributed by atoms with Gasteiger partial charge in [-0.15, -0.1) is 5.10 Å². The number of benzene rings is 2. The van der Waals surface area contributed by atoms with Crippen LogP contribution in [0.15, 0.2) is 59.6 Å². The number of hydrogen-bond donors (Lipinski definition) is 3. The van der Waals surface area contributed by atoms with E-state index in [2.05, 4.69) is 85.8 Å². The van der Waals surface area contributed by atoms with Crippen LogP contribution in [0.5, 0.6) is 0 Å². The Labute approximate surface area is 171 Å². The molecule has 0 amide bonds. The normalized spacial score (nSPS) is 15.1. The zero-order valence-electron chi connectivity index (χ0n) is 16.7. The molecule has 150 valence electrons. The second-order valence-corrected chi connectivity index (χ2v) is 7.21. The van der Waals surface area contributed by atoms with Crippen LogP contribution in [-0.4, -0.2) is 52.2 Å². The number of guanidine groups is 1. The summed E-state index contributed by atoms with van der Waals surface area (Å²) in [5.41, 5.74) is 9.32. The molecule has 2 heterocycles. The number of aliphatic imine (C=N–C) groups is 1. The molecule has 0 bridgehead atoms. The summed E-state index contributed by atoms with van der Waals surface area (Å²) in [5.74, 6) is 2.26. The van der Waals surface area contributed by atoms with Crippen LogP contribution < -0.4 is 11.1 Å². The second kappa shape index (κ2) is 8.87. The Morgan fingerprint density at radius 3 is 2.62 bits per heavy atom. The number of rotatable bonds is 6. The summed E-state index contributed by atoms with van der Waals surface area (Å²) in [5, 5.41) is 10.6. The van der Waals surface area contributed by atoms with Gasteiger partial charge in [0.2, 0.25) is 11.9 Å². The topological polar surface area (TPSA) is 95.2 Å². The number of aromatic amines is 1. The number of hydrogen-bond acceptors (Lipinski definition) is 6. The van der Waals surface area contributed by atoms with Crippen molar-refractivity contribution in [1.82, 2.24) is 20.1 Å². The molecule has 4 rings (SSSR count). The zero-order valence-corrected chi connectivity index (χ0v) is 16.7. The lowest BCUT2D eigenvalue weighted by molar-refractivity contribution is 0.401. The number of aromatic nitrogens is 3. The fourth-order valence-corrected chi connectivity index (χ4v) is 3.52. The van der Waals surface area contributed by atoms with Crippen molar-refractivity contribution in [1.29, 1.82) is 0 Å². The minimum atomic E-state index is 0.108. The van der Waals surface area contributed by atoms with E-state index in [4.69, 9.17) is 5.73 Å². The SMILES string of the molecule is CC(c1ccc(-c2ccccc2)cc1)c1nc(NC2=NCCCN2CCN)n[nH]1. The van der Waals surface area contributed by atoms with Crippen molar-refractivity contribution in [3.05, 3.63) is 66.0 Å². The Morgan fingerprint density at radius 2 is 1.86 bits per heavy atom. The Balaban J connectivity index is 1.45. The highest BCUT2D eigenvalue weighted by Crippen LogP contribution is 2.25. The number of H-pyrrole nitrogens is 1. The first-order chi connectivity index (χ1) is 14.2. The summed E-state index contributed by atoms with van der Waals surface area (Å²) in [4.78, 5) is 11.3. The van der Waals surface area contributed by atoms with Gasteiger partial charge in [-0.05, 0) is 23.1 Å². The first-order valence-corrected chi connectivity index (χ1v) is 10.1. The van der Waals surface area contributed by atoms with E-state index in [1.807, 2.05) is 6.07 Å². The van der Waals surface area contributed by atoms with Crippen molar-refractivity contribution in [2.75, 3.05) is 31.5 Å². The molecule has 1 aliphatic heterocycles. The predicted molar refractivity (Wildman–Crippen MR) is 117 cm³/mol. The number of nitrogens with two attached hydrogens (primary N) is 1. The van der Waals surface area contributed by atoms with Crippen molar-refractivity contribution in [3.63, 3.8) is 0 Å². The molecule has 1 atom stereocenters. The molecule has 7 heteroatoms. The summed E-state index contributed by atoms with van der Waals surface area (Å²) in [6.45, 7) is 5.25. The van der Waals surface area contributed by atoms with Gasteiger partial charge in [0.25, 0.3) is 0 Å². The lowest BCUT2D eigenvalue weighted by Crippen LogP contribution is -2.43. The fraction of sp³-hybridized carbons (Fsp3) is 0.318. The largest absolute Gasteiger partial charge is 0.341 e. The summed E-state index contributed by atoms with van der Waals surface area (Å²) < 4.78 is 0. The summed E-state index contributed by atoms with van der Waals surface area (Å²) >= 11 is 0. The van der Waals surface area contributed by atoms with Crippen LogP contribution in [0.4, 0.5) is 5.95 Å². The molecule has 1 aromatic heterocycles. The Morgan fingerprint density at radius 1 is 1.10 bits per heavy atom. The molecule has 1 unspecified atom stereocenters. The molecular formula is C22H27N7. The van der Waals surface area contributed by atoms with E-state index in [0.717, 1.165) is 37.8 Å². The van der Waals surface area contributed by atoms with Gasteiger partial charge in [-0.2, -0.15) is 4.98 Å². The zero-order chi connectivity index (χ0) is 20.1. The van der Waals surface area contributed by atoms with E-state index < -0.39 is 0 Å². The first-order valence-electron chi connectivity index (χ1n) is 10.1. The fourth-order valence-electron chi connectivity index (χ4n) is 3.52. The molecule has 0 spiro atoms. The van der Waals surface area contributed by atoms with Gasteiger partial charge >= 0.3 is 0 Å². The molecule has 0 saturated carbocycles. The molecule has 4 N–H and O–H groups in total. The van der Waals surface area contributed by atoms with Crippen LogP contribution >= 0.6 is 0 Å². The summed E-state index contributed by atoms with van der Waals surface area (Å²) in [6.07, 6.45) is 1.04. The molecule has 7 nitrogen and oxygen atoms in total. The smallest absolute Gasteiger partial charge is 0.248 e. The quantitative estimate of drug-likeness (QED) is 0.602. The third-order valence-electron chi connectivity index (χ3n) is 5.20. The Hall–Kier alpha value is -3.19. The lowest BCUT2D eigenvalue weighted by atomic mass is 9.97. The van der Waals surface area contributed by atoms with Crippen LogP contribution in [0.3, 0.4) is 0 Å². The maximum absolute atomic E-state index is 5.71. The predicted octanol–water partition coefficient (Wildman–Crippen LogP) is 3.06. The van der Waals surface area contributed by atoms with Crippen LogP contribution in [0, 0.1) is 0 Å². The number of nitrogens with zero attached hydrogens (tertiary/aromatic N) is 4.